The van der Waals surface area contributed by atoms with Crippen molar-refractivity contribution >= 4 is 0 Å². The molecule has 3 aromatic rings. The molecule has 0 spiro atoms. The van der Waals surface area contributed by atoms with E-state index in [1.165, 1.54) is 24.1 Å². The molecule has 21 heavy (non-hydrogen) atoms. The highest BCUT2D eigenvalue weighted by atomic mass is 15.1. The summed E-state index contributed by atoms with van der Waals surface area (Å²) in [7, 11) is 0. The van der Waals surface area contributed by atoms with Gasteiger partial charge in [-0.3, -0.25) is 5.10 Å². The molecule has 0 atom stereocenters. The van der Waals surface area contributed by atoms with Crippen LogP contribution < -0.4 is 0 Å². The maximum absolute atomic E-state index is 4.81. The highest BCUT2D eigenvalue weighted by Crippen LogP contribution is 2.30. The van der Waals surface area contributed by atoms with Crippen molar-refractivity contribution < 1.29 is 0 Å². The molecule has 4 rings (SSSR count). The van der Waals surface area contributed by atoms with E-state index in [2.05, 4.69) is 22.3 Å². The lowest BCUT2D eigenvalue weighted by molar-refractivity contribution is 0.665. The van der Waals surface area contributed by atoms with Crippen LogP contribution in [0.5, 0.6) is 0 Å². The van der Waals surface area contributed by atoms with E-state index in [9.17, 15) is 0 Å². The Morgan fingerprint density at radius 1 is 0.905 bits per heavy atom. The van der Waals surface area contributed by atoms with Crippen LogP contribution in [0, 0.1) is 0 Å². The molecule has 0 aliphatic heterocycles. The fourth-order valence-electron chi connectivity index (χ4n) is 2.91. The van der Waals surface area contributed by atoms with Gasteiger partial charge in [-0.2, -0.15) is 5.10 Å². The monoisotopic (exact) mass is 276 g/mol. The Bertz CT molecular complexity index is 748. The highest BCUT2D eigenvalue weighted by Gasteiger charge is 2.20. The zero-order valence-electron chi connectivity index (χ0n) is 11.7. The summed E-state index contributed by atoms with van der Waals surface area (Å²) in [4.78, 5) is 9.61. The molecule has 2 heterocycles. The van der Waals surface area contributed by atoms with Crippen LogP contribution >= 0.6 is 0 Å². The molecule has 0 fully saturated rings. The number of nitrogens with one attached hydrogen (secondary N) is 1. The van der Waals surface area contributed by atoms with Crippen LogP contribution in [0.15, 0.2) is 42.6 Å². The van der Waals surface area contributed by atoms with Crippen LogP contribution in [0.1, 0.15) is 24.1 Å². The predicted molar refractivity (Wildman–Crippen MR) is 81.7 cm³/mol. The molecular formula is C17H16N4. The number of benzene rings is 1. The number of aryl methyl sites for hydroxylation is 1. The molecule has 1 aromatic carbocycles. The minimum absolute atomic E-state index is 0.800. The van der Waals surface area contributed by atoms with Crippen molar-refractivity contribution in [1.82, 2.24) is 20.2 Å². The second kappa shape index (κ2) is 5.13. The minimum atomic E-state index is 0.800. The zero-order valence-corrected chi connectivity index (χ0v) is 11.7. The Kier molecular flexibility index (Phi) is 2.99. The first-order chi connectivity index (χ1) is 10.4. The normalized spacial score (nSPS) is 13.9. The molecule has 0 radical (unpaired) electrons. The van der Waals surface area contributed by atoms with Crippen LogP contribution in [0.2, 0.25) is 0 Å². The number of nitrogens with zero attached hydrogens (tertiary/aromatic N) is 3. The van der Waals surface area contributed by atoms with Gasteiger partial charge in [-0.25, -0.2) is 9.97 Å². The lowest BCUT2D eigenvalue weighted by Crippen LogP contribution is -2.10. The maximum Gasteiger partial charge on any atom is 0.160 e. The first-order valence-electron chi connectivity index (χ1n) is 7.37. The SMILES string of the molecule is c1ccc(-c2nc3c(c(-c4cc[nH]n4)n2)CCCC3)cc1. The van der Waals surface area contributed by atoms with Crippen molar-refractivity contribution in [3.8, 4) is 22.8 Å². The molecule has 0 amide bonds. The summed E-state index contributed by atoms with van der Waals surface area (Å²) in [6, 6.07) is 12.1. The molecule has 0 bridgehead atoms. The first kappa shape index (κ1) is 12.3. The van der Waals surface area contributed by atoms with Gasteiger partial charge in [0.2, 0.25) is 0 Å². The first-order valence-corrected chi connectivity index (χ1v) is 7.37. The lowest BCUT2D eigenvalue weighted by Gasteiger charge is -2.18. The van der Waals surface area contributed by atoms with Crippen molar-refractivity contribution in [2.24, 2.45) is 0 Å². The average Bonchev–Trinajstić information content (AvgIpc) is 3.09. The topological polar surface area (TPSA) is 54.5 Å². The van der Waals surface area contributed by atoms with Crippen LogP contribution in [0.3, 0.4) is 0 Å². The minimum Gasteiger partial charge on any atom is -0.285 e. The van der Waals surface area contributed by atoms with E-state index in [0.29, 0.717) is 0 Å². The van der Waals surface area contributed by atoms with Crippen molar-refractivity contribution in [1.29, 1.82) is 0 Å². The summed E-state index contributed by atoms with van der Waals surface area (Å²) < 4.78 is 0. The smallest absolute Gasteiger partial charge is 0.160 e. The fourth-order valence-corrected chi connectivity index (χ4v) is 2.91. The lowest BCUT2D eigenvalue weighted by atomic mass is 9.93. The van der Waals surface area contributed by atoms with Crippen LogP contribution in [0.4, 0.5) is 0 Å². The van der Waals surface area contributed by atoms with Crippen LogP contribution in [-0.2, 0) is 12.8 Å². The van der Waals surface area contributed by atoms with E-state index in [1.807, 2.05) is 30.5 Å². The van der Waals surface area contributed by atoms with E-state index in [-0.39, 0.29) is 0 Å². The van der Waals surface area contributed by atoms with Gasteiger partial charge in [0.1, 0.15) is 5.69 Å². The Labute approximate surface area is 123 Å². The standard InChI is InChI=1S/C17H16N4/c1-2-6-12(7-3-1)17-19-14-9-5-4-8-13(14)16(20-17)15-10-11-18-21-15/h1-3,6-7,10-11H,4-5,8-9H2,(H,18,21). The number of aromatic amines is 1. The predicted octanol–water partition coefficient (Wildman–Crippen LogP) is 3.41. The number of fused-ring (bicyclic) bond motifs is 1. The molecular weight excluding hydrogens is 260 g/mol. The second-order valence-electron chi connectivity index (χ2n) is 5.35. The summed E-state index contributed by atoms with van der Waals surface area (Å²) >= 11 is 0. The second-order valence-corrected chi connectivity index (χ2v) is 5.35. The van der Waals surface area contributed by atoms with Crippen LogP contribution in [-0.4, -0.2) is 20.2 Å². The molecule has 2 aromatic heterocycles. The Hall–Kier alpha value is -2.49. The van der Waals surface area contributed by atoms with Gasteiger partial charge in [0.25, 0.3) is 0 Å². The largest absolute Gasteiger partial charge is 0.285 e. The van der Waals surface area contributed by atoms with Crippen molar-refractivity contribution in [2.75, 3.05) is 0 Å². The molecule has 1 aliphatic carbocycles. The molecule has 0 unspecified atom stereocenters. The van der Waals surface area contributed by atoms with Crippen molar-refractivity contribution in [3.63, 3.8) is 0 Å². The molecule has 0 saturated heterocycles. The van der Waals surface area contributed by atoms with Gasteiger partial charge in [0.05, 0.1) is 5.69 Å². The summed E-state index contributed by atoms with van der Waals surface area (Å²) in [6.07, 6.45) is 6.34. The van der Waals surface area contributed by atoms with Gasteiger partial charge in [0, 0.05) is 23.0 Å². The van der Waals surface area contributed by atoms with Crippen molar-refractivity contribution in [3.05, 3.63) is 53.9 Å². The zero-order chi connectivity index (χ0) is 14.1. The van der Waals surface area contributed by atoms with E-state index in [1.54, 1.807) is 0 Å². The van der Waals surface area contributed by atoms with Gasteiger partial charge in [0.15, 0.2) is 5.82 Å². The number of H-pyrrole nitrogens is 1. The molecule has 0 saturated carbocycles. The third-order valence-corrected chi connectivity index (χ3v) is 3.96. The Morgan fingerprint density at radius 3 is 2.57 bits per heavy atom. The van der Waals surface area contributed by atoms with Gasteiger partial charge < -0.3 is 0 Å². The van der Waals surface area contributed by atoms with Crippen LogP contribution in [0.25, 0.3) is 22.8 Å². The maximum atomic E-state index is 4.81. The van der Waals surface area contributed by atoms with Gasteiger partial charge in [-0.05, 0) is 31.7 Å². The highest BCUT2D eigenvalue weighted by molar-refractivity contribution is 5.65. The summed E-state index contributed by atoms with van der Waals surface area (Å²) in [5, 5.41) is 7.20. The van der Waals surface area contributed by atoms with E-state index < -0.39 is 0 Å². The average molecular weight is 276 g/mol. The molecule has 4 nitrogen and oxygen atoms in total. The number of aromatic nitrogens is 4. The summed E-state index contributed by atoms with van der Waals surface area (Å²) in [6.45, 7) is 0. The van der Waals surface area contributed by atoms with E-state index in [0.717, 1.165) is 35.6 Å². The molecule has 104 valence electrons. The summed E-state index contributed by atoms with van der Waals surface area (Å²) in [5.41, 5.74) is 5.41. The molecule has 1 N–H and O–H groups in total. The quantitative estimate of drug-likeness (QED) is 0.780. The van der Waals surface area contributed by atoms with E-state index >= 15 is 0 Å². The Balaban J connectivity index is 1.92. The number of rotatable bonds is 2. The van der Waals surface area contributed by atoms with E-state index in [4.69, 9.17) is 9.97 Å². The molecule has 4 heteroatoms. The van der Waals surface area contributed by atoms with Gasteiger partial charge in [-0.1, -0.05) is 30.3 Å². The third-order valence-electron chi connectivity index (χ3n) is 3.96. The Morgan fingerprint density at radius 2 is 1.76 bits per heavy atom. The van der Waals surface area contributed by atoms with Gasteiger partial charge >= 0.3 is 0 Å². The van der Waals surface area contributed by atoms with Crippen molar-refractivity contribution in [2.45, 2.75) is 25.7 Å². The van der Waals surface area contributed by atoms with Gasteiger partial charge in [-0.15, -0.1) is 0 Å². The molecule has 1 aliphatic rings. The number of hydrogen-bond acceptors (Lipinski definition) is 3. The number of hydrogen-bond donors (Lipinski definition) is 1. The fraction of sp³-hybridized carbons (Fsp3) is 0.235. The third kappa shape index (κ3) is 2.23. The summed E-state index contributed by atoms with van der Waals surface area (Å²) in [5.74, 6) is 0.800.